The van der Waals surface area contributed by atoms with Crippen LogP contribution in [0.5, 0.6) is 0 Å². The van der Waals surface area contributed by atoms with Gasteiger partial charge >= 0.3 is 6.18 Å². The molecular weight excluding hydrogens is 461 g/mol. The van der Waals surface area contributed by atoms with Crippen molar-refractivity contribution in [2.75, 3.05) is 23.3 Å². The molecule has 3 aromatic heterocycles. The van der Waals surface area contributed by atoms with E-state index in [0.29, 0.717) is 11.1 Å². The fourth-order valence-corrected chi connectivity index (χ4v) is 4.33. The highest BCUT2D eigenvalue weighted by Gasteiger charge is 2.33. The second-order valence-electron chi connectivity index (χ2n) is 8.36. The zero-order valence-corrected chi connectivity index (χ0v) is 18.5. The second kappa shape index (κ2) is 8.94. The van der Waals surface area contributed by atoms with Crippen LogP contribution in [0, 0.1) is 0 Å². The lowest BCUT2D eigenvalue weighted by Gasteiger charge is -2.19. The van der Waals surface area contributed by atoms with Crippen molar-refractivity contribution in [2.45, 2.75) is 25.6 Å². The zero-order chi connectivity index (χ0) is 24.6. The number of nitrogens with zero attached hydrogens (tertiary/aromatic N) is 3. The molecule has 1 saturated heterocycles. The van der Waals surface area contributed by atoms with E-state index in [4.69, 9.17) is 4.42 Å². The van der Waals surface area contributed by atoms with E-state index < -0.39 is 17.6 Å². The number of carbonyl (C=O) groups excluding carboxylic acids is 1. The van der Waals surface area contributed by atoms with Crippen molar-refractivity contribution in [2.24, 2.45) is 0 Å². The van der Waals surface area contributed by atoms with Gasteiger partial charge in [0.1, 0.15) is 12.1 Å². The third-order valence-electron chi connectivity index (χ3n) is 6.03. The number of rotatable bonds is 5. The van der Waals surface area contributed by atoms with Crippen molar-refractivity contribution in [3.63, 3.8) is 0 Å². The maximum absolute atomic E-state index is 13.4. The van der Waals surface area contributed by atoms with Gasteiger partial charge in [-0.1, -0.05) is 12.1 Å². The van der Waals surface area contributed by atoms with Crippen LogP contribution in [0.4, 0.5) is 24.5 Å². The van der Waals surface area contributed by atoms with Crippen LogP contribution in [0.25, 0.3) is 22.2 Å². The highest BCUT2D eigenvalue weighted by molar-refractivity contribution is 5.93. The Bertz CT molecular complexity index is 1440. The number of fused-ring (bicyclic) bond motifs is 1. The van der Waals surface area contributed by atoms with Crippen molar-refractivity contribution in [3.05, 3.63) is 77.1 Å². The fourth-order valence-electron chi connectivity index (χ4n) is 4.33. The number of para-hydroxylation sites is 1. The Morgan fingerprint density at radius 1 is 1.14 bits per heavy atom. The van der Waals surface area contributed by atoms with Gasteiger partial charge < -0.3 is 19.2 Å². The Labute approximate surface area is 197 Å². The quantitative estimate of drug-likeness (QED) is 0.437. The Morgan fingerprint density at radius 2 is 1.91 bits per heavy atom. The van der Waals surface area contributed by atoms with Crippen molar-refractivity contribution in [1.82, 2.24) is 9.55 Å². The number of halogens is 3. The molecule has 10 heteroatoms. The number of benzene rings is 1. The van der Waals surface area contributed by atoms with E-state index in [1.807, 2.05) is 0 Å². The first-order valence-corrected chi connectivity index (χ1v) is 11.1. The molecule has 0 spiro atoms. The molecule has 1 aliphatic rings. The Kier molecular flexibility index (Phi) is 5.80. The van der Waals surface area contributed by atoms with Gasteiger partial charge in [0.05, 0.1) is 46.7 Å². The number of aromatic nitrogens is 2. The van der Waals surface area contributed by atoms with Gasteiger partial charge in [-0.2, -0.15) is 13.2 Å². The van der Waals surface area contributed by atoms with E-state index >= 15 is 0 Å². The van der Waals surface area contributed by atoms with Crippen molar-refractivity contribution in [3.8, 4) is 11.1 Å². The molecule has 0 radical (unpaired) electrons. The van der Waals surface area contributed by atoms with Crippen LogP contribution in [-0.2, 0) is 17.5 Å². The average molecular weight is 482 g/mol. The van der Waals surface area contributed by atoms with Crippen LogP contribution in [0.1, 0.15) is 18.4 Å². The maximum atomic E-state index is 13.4. The van der Waals surface area contributed by atoms with Crippen LogP contribution in [0.3, 0.4) is 0 Å². The lowest BCUT2D eigenvalue weighted by Crippen LogP contribution is -2.24. The second-order valence-corrected chi connectivity index (χ2v) is 8.36. The lowest BCUT2D eigenvalue weighted by atomic mass is 10.1. The molecule has 0 atom stereocenters. The molecule has 1 aromatic carbocycles. The van der Waals surface area contributed by atoms with Gasteiger partial charge in [-0.15, -0.1) is 0 Å². The molecule has 0 bridgehead atoms. The van der Waals surface area contributed by atoms with Crippen molar-refractivity contribution < 1.29 is 22.4 Å². The van der Waals surface area contributed by atoms with E-state index in [-0.39, 0.29) is 28.7 Å². The lowest BCUT2D eigenvalue weighted by molar-refractivity contribution is -0.137. The summed E-state index contributed by atoms with van der Waals surface area (Å²) in [6.07, 6.45) is 3.46. The topological polar surface area (TPSA) is 80.4 Å². The molecule has 0 saturated carbocycles. The molecular formula is C25H21F3N4O3. The highest BCUT2D eigenvalue weighted by Crippen LogP contribution is 2.34. The third-order valence-corrected chi connectivity index (χ3v) is 6.03. The minimum Gasteiger partial charge on any atom is -0.472 e. The molecule has 1 aliphatic heterocycles. The monoisotopic (exact) mass is 482 g/mol. The van der Waals surface area contributed by atoms with Crippen LogP contribution >= 0.6 is 0 Å². The molecule has 5 rings (SSSR count). The number of anilines is 2. The maximum Gasteiger partial charge on any atom is 0.418 e. The van der Waals surface area contributed by atoms with Crippen molar-refractivity contribution >= 4 is 28.3 Å². The Balaban J connectivity index is 1.56. The average Bonchev–Trinajstić information content (AvgIpc) is 3.55. The number of amides is 1. The van der Waals surface area contributed by atoms with Gasteiger partial charge in [0.2, 0.25) is 11.3 Å². The summed E-state index contributed by atoms with van der Waals surface area (Å²) >= 11 is 0. The molecule has 1 amide bonds. The largest absolute Gasteiger partial charge is 0.472 e. The number of nitrogens with one attached hydrogen (secondary N) is 1. The molecule has 1 fully saturated rings. The van der Waals surface area contributed by atoms with Crippen LogP contribution in [0.2, 0.25) is 0 Å². The number of hydrogen-bond donors (Lipinski definition) is 1. The summed E-state index contributed by atoms with van der Waals surface area (Å²) < 4.78 is 46.7. The van der Waals surface area contributed by atoms with E-state index in [0.717, 1.165) is 37.7 Å². The molecule has 0 aliphatic carbocycles. The summed E-state index contributed by atoms with van der Waals surface area (Å²) in [5.74, 6) is -0.670. The summed E-state index contributed by atoms with van der Waals surface area (Å²) in [6.45, 7) is 1.40. The van der Waals surface area contributed by atoms with Gasteiger partial charge in [-0.25, -0.2) is 4.98 Å². The molecule has 35 heavy (non-hydrogen) atoms. The molecule has 0 unspecified atom stereocenters. The number of carbonyl (C=O) groups is 1. The van der Waals surface area contributed by atoms with E-state index in [2.05, 4.69) is 15.2 Å². The fraction of sp³-hybridized carbons (Fsp3) is 0.240. The van der Waals surface area contributed by atoms with Crippen LogP contribution in [-0.4, -0.2) is 28.5 Å². The summed E-state index contributed by atoms with van der Waals surface area (Å²) in [5.41, 5.74) is 0.600. The first kappa shape index (κ1) is 22.7. The van der Waals surface area contributed by atoms with Gasteiger partial charge in [0, 0.05) is 24.8 Å². The SMILES string of the molecule is O=C(Cn1cc(-c2ccoc2)c(=O)c2ncc(N3CCCC3)cc21)Nc1ccccc1C(F)(F)F. The standard InChI is InChI=1S/C25H21F3N4O3/c26-25(27,28)19-5-1-2-6-20(19)30-22(33)14-32-13-18(16-7-10-35-15-16)24(34)23-21(32)11-17(12-29-23)31-8-3-4-9-31/h1-2,5-7,10-13,15H,3-4,8-9,14H2,(H,30,33). The Morgan fingerprint density at radius 3 is 2.63 bits per heavy atom. The predicted molar refractivity (Wildman–Crippen MR) is 125 cm³/mol. The van der Waals surface area contributed by atoms with Gasteiger partial charge in [-0.3, -0.25) is 9.59 Å². The van der Waals surface area contributed by atoms with Gasteiger partial charge in [0.15, 0.2) is 0 Å². The molecule has 4 heterocycles. The minimum atomic E-state index is -4.61. The van der Waals surface area contributed by atoms with Gasteiger partial charge in [0.25, 0.3) is 0 Å². The van der Waals surface area contributed by atoms with Crippen LogP contribution < -0.4 is 15.6 Å². The smallest absolute Gasteiger partial charge is 0.418 e. The van der Waals surface area contributed by atoms with Gasteiger partial charge in [-0.05, 0) is 37.1 Å². The third kappa shape index (κ3) is 4.51. The molecule has 180 valence electrons. The first-order chi connectivity index (χ1) is 16.8. The first-order valence-electron chi connectivity index (χ1n) is 11.1. The molecule has 7 nitrogen and oxygen atoms in total. The highest BCUT2D eigenvalue weighted by atomic mass is 19.4. The van der Waals surface area contributed by atoms with E-state index in [9.17, 15) is 22.8 Å². The number of furan rings is 1. The predicted octanol–water partition coefficient (Wildman–Crippen LogP) is 4.91. The van der Waals surface area contributed by atoms with E-state index in [1.54, 1.807) is 18.3 Å². The number of pyridine rings is 2. The normalized spacial score (nSPS) is 14.0. The minimum absolute atomic E-state index is 0.162. The summed E-state index contributed by atoms with van der Waals surface area (Å²) in [4.78, 5) is 32.6. The Hall–Kier alpha value is -4.08. The number of hydrogen-bond acceptors (Lipinski definition) is 5. The van der Waals surface area contributed by atoms with Crippen LogP contribution in [0.15, 0.2) is 70.5 Å². The summed E-state index contributed by atoms with van der Waals surface area (Å²) in [5, 5.41) is 2.36. The van der Waals surface area contributed by atoms with E-state index in [1.165, 1.54) is 41.5 Å². The summed E-state index contributed by atoms with van der Waals surface area (Å²) in [6, 6.07) is 8.21. The number of alkyl halides is 3. The zero-order valence-electron chi connectivity index (χ0n) is 18.5. The molecule has 1 N–H and O–H groups in total. The summed E-state index contributed by atoms with van der Waals surface area (Å²) in [7, 11) is 0. The molecule has 4 aromatic rings. The van der Waals surface area contributed by atoms with Crippen molar-refractivity contribution in [1.29, 1.82) is 0 Å².